The molecule has 0 aliphatic carbocycles. The summed E-state index contributed by atoms with van der Waals surface area (Å²) < 4.78 is 18.5. The minimum atomic E-state index is -1.14. The smallest absolute Gasteiger partial charge is 0.373 e. The first-order valence-electron chi connectivity index (χ1n) is 5.51. The van der Waals surface area contributed by atoms with Gasteiger partial charge in [-0.3, -0.25) is 0 Å². The number of halogens is 1. The molecule has 94 valence electrons. The summed E-state index contributed by atoms with van der Waals surface area (Å²) in [6.07, 6.45) is 0.792. The Morgan fingerprint density at radius 1 is 1.39 bits per heavy atom. The van der Waals surface area contributed by atoms with E-state index in [1.54, 1.807) is 25.1 Å². The summed E-state index contributed by atoms with van der Waals surface area (Å²) >= 11 is 0. The van der Waals surface area contributed by atoms with E-state index in [4.69, 9.17) is 9.52 Å². The van der Waals surface area contributed by atoms with Crippen LogP contribution in [0, 0.1) is 12.7 Å². The summed E-state index contributed by atoms with van der Waals surface area (Å²) in [7, 11) is 0. The summed E-state index contributed by atoms with van der Waals surface area (Å²) in [4.78, 5) is 14.8. The molecule has 0 amide bonds. The van der Waals surface area contributed by atoms with Crippen LogP contribution in [-0.2, 0) is 12.8 Å². The van der Waals surface area contributed by atoms with E-state index in [-0.39, 0.29) is 11.6 Å². The highest BCUT2D eigenvalue weighted by Crippen LogP contribution is 2.14. The van der Waals surface area contributed by atoms with Gasteiger partial charge in [0.1, 0.15) is 5.82 Å². The standard InChI is InChI=1S/C13H12FNO3/c1-8-12(13(16)17)18-11(15-8)7-6-9-4-2-3-5-10(9)14/h2-5H,6-7H2,1H3,(H,16,17). The van der Waals surface area contributed by atoms with Gasteiger partial charge < -0.3 is 9.52 Å². The highest BCUT2D eigenvalue weighted by atomic mass is 19.1. The van der Waals surface area contributed by atoms with E-state index in [1.807, 2.05) is 0 Å². The predicted octanol–water partition coefficient (Wildman–Crippen LogP) is 2.61. The number of aryl methyl sites for hydroxylation is 3. The maximum absolute atomic E-state index is 13.4. The highest BCUT2D eigenvalue weighted by Gasteiger charge is 2.16. The van der Waals surface area contributed by atoms with E-state index in [9.17, 15) is 9.18 Å². The van der Waals surface area contributed by atoms with E-state index in [0.29, 0.717) is 30.0 Å². The molecular weight excluding hydrogens is 237 g/mol. The number of hydrogen-bond acceptors (Lipinski definition) is 3. The van der Waals surface area contributed by atoms with Crippen molar-refractivity contribution in [2.24, 2.45) is 0 Å². The predicted molar refractivity (Wildman–Crippen MR) is 62.0 cm³/mol. The lowest BCUT2D eigenvalue weighted by molar-refractivity contribution is 0.0659. The number of aromatic carboxylic acids is 1. The number of carboxylic acid groups (broad SMARTS) is 1. The largest absolute Gasteiger partial charge is 0.475 e. The minimum absolute atomic E-state index is 0.154. The zero-order chi connectivity index (χ0) is 13.1. The molecular formula is C13H12FNO3. The molecule has 0 atom stereocenters. The van der Waals surface area contributed by atoms with Gasteiger partial charge in [-0.25, -0.2) is 14.2 Å². The van der Waals surface area contributed by atoms with Crippen LogP contribution in [0.1, 0.15) is 27.7 Å². The average molecular weight is 249 g/mol. The van der Waals surface area contributed by atoms with Gasteiger partial charge in [0.05, 0.1) is 5.69 Å². The fourth-order valence-electron chi connectivity index (χ4n) is 1.70. The Morgan fingerprint density at radius 3 is 2.72 bits per heavy atom. The summed E-state index contributed by atoms with van der Waals surface area (Å²) in [5.74, 6) is -1.26. The van der Waals surface area contributed by atoms with Crippen LogP contribution in [0.5, 0.6) is 0 Å². The monoisotopic (exact) mass is 249 g/mol. The Morgan fingerprint density at radius 2 is 2.11 bits per heavy atom. The summed E-state index contributed by atoms with van der Waals surface area (Å²) in [5.41, 5.74) is 0.899. The number of carboxylic acids is 1. The molecule has 2 rings (SSSR count). The average Bonchev–Trinajstić information content (AvgIpc) is 2.70. The van der Waals surface area contributed by atoms with Crippen molar-refractivity contribution < 1.29 is 18.7 Å². The third-order valence-electron chi connectivity index (χ3n) is 2.60. The van der Waals surface area contributed by atoms with Crippen molar-refractivity contribution in [3.63, 3.8) is 0 Å². The first-order chi connectivity index (χ1) is 8.58. The van der Waals surface area contributed by atoms with Gasteiger partial charge in [0, 0.05) is 6.42 Å². The summed E-state index contributed by atoms with van der Waals surface area (Å²) in [6.45, 7) is 1.57. The van der Waals surface area contributed by atoms with Crippen LogP contribution >= 0.6 is 0 Å². The normalized spacial score (nSPS) is 10.6. The van der Waals surface area contributed by atoms with Gasteiger partial charge in [0.25, 0.3) is 0 Å². The van der Waals surface area contributed by atoms with Gasteiger partial charge in [0.2, 0.25) is 5.76 Å². The van der Waals surface area contributed by atoms with Crippen molar-refractivity contribution in [1.82, 2.24) is 4.98 Å². The van der Waals surface area contributed by atoms with E-state index in [1.165, 1.54) is 6.07 Å². The summed E-state index contributed by atoms with van der Waals surface area (Å²) in [5, 5.41) is 8.81. The van der Waals surface area contributed by atoms with Crippen molar-refractivity contribution in [3.05, 3.63) is 53.0 Å². The topological polar surface area (TPSA) is 63.3 Å². The van der Waals surface area contributed by atoms with Gasteiger partial charge in [-0.2, -0.15) is 0 Å². The molecule has 2 aromatic rings. The number of oxazole rings is 1. The second-order valence-corrected chi connectivity index (χ2v) is 3.92. The van der Waals surface area contributed by atoms with Crippen LogP contribution in [0.3, 0.4) is 0 Å². The van der Waals surface area contributed by atoms with Crippen molar-refractivity contribution in [1.29, 1.82) is 0 Å². The zero-order valence-corrected chi connectivity index (χ0v) is 9.81. The third-order valence-corrected chi connectivity index (χ3v) is 2.60. The van der Waals surface area contributed by atoms with Gasteiger partial charge in [0.15, 0.2) is 5.89 Å². The number of aromatic nitrogens is 1. The van der Waals surface area contributed by atoms with Crippen LogP contribution in [-0.4, -0.2) is 16.1 Å². The van der Waals surface area contributed by atoms with Crippen LogP contribution in [0.4, 0.5) is 4.39 Å². The lowest BCUT2D eigenvalue weighted by Crippen LogP contribution is -1.95. The van der Waals surface area contributed by atoms with Crippen LogP contribution in [0.2, 0.25) is 0 Å². The molecule has 1 N–H and O–H groups in total. The first-order valence-corrected chi connectivity index (χ1v) is 5.51. The molecule has 1 aromatic carbocycles. The number of nitrogens with zero attached hydrogens (tertiary/aromatic N) is 1. The van der Waals surface area contributed by atoms with Crippen LogP contribution < -0.4 is 0 Å². The highest BCUT2D eigenvalue weighted by molar-refractivity contribution is 5.85. The Labute approximate surface area is 103 Å². The van der Waals surface area contributed by atoms with Gasteiger partial charge >= 0.3 is 5.97 Å². The molecule has 0 bridgehead atoms. The van der Waals surface area contributed by atoms with Crippen molar-refractivity contribution in [3.8, 4) is 0 Å². The molecule has 5 heteroatoms. The molecule has 0 unspecified atom stereocenters. The second kappa shape index (κ2) is 5.00. The van der Waals surface area contributed by atoms with E-state index in [2.05, 4.69) is 4.98 Å². The number of hydrogen-bond donors (Lipinski definition) is 1. The van der Waals surface area contributed by atoms with Crippen LogP contribution in [0.25, 0.3) is 0 Å². The van der Waals surface area contributed by atoms with Gasteiger partial charge in [-0.1, -0.05) is 18.2 Å². The molecule has 0 saturated heterocycles. The second-order valence-electron chi connectivity index (χ2n) is 3.92. The maximum atomic E-state index is 13.4. The van der Waals surface area contributed by atoms with Gasteiger partial charge in [-0.05, 0) is 25.0 Å². The number of carbonyl (C=O) groups is 1. The zero-order valence-electron chi connectivity index (χ0n) is 9.81. The molecule has 1 aromatic heterocycles. The SMILES string of the molecule is Cc1nc(CCc2ccccc2F)oc1C(=O)O. The molecule has 0 radical (unpaired) electrons. The number of rotatable bonds is 4. The van der Waals surface area contributed by atoms with Crippen molar-refractivity contribution in [2.75, 3.05) is 0 Å². The Kier molecular flexibility index (Phi) is 3.41. The maximum Gasteiger partial charge on any atom is 0.373 e. The first kappa shape index (κ1) is 12.3. The van der Waals surface area contributed by atoms with Crippen LogP contribution in [0.15, 0.2) is 28.7 Å². The lowest BCUT2D eigenvalue weighted by Gasteiger charge is -1.99. The fraction of sp³-hybridized carbons (Fsp3) is 0.231. The van der Waals surface area contributed by atoms with Gasteiger partial charge in [-0.15, -0.1) is 0 Å². The molecule has 0 aliphatic rings. The molecule has 0 aliphatic heterocycles. The molecule has 0 fully saturated rings. The molecule has 18 heavy (non-hydrogen) atoms. The van der Waals surface area contributed by atoms with Crippen molar-refractivity contribution in [2.45, 2.75) is 19.8 Å². The quantitative estimate of drug-likeness (QED) is 0.904. The number of benzene rings is 1. The van der Waals surface area contributed by atoms with E-state index >= 15 is 0 Å². The van der Waals surface area contributed by atoms with E-state index < -0.39 is 5.97 Å². The Balaban J connectivity index is 2.09. The lowest BCUT2D eigenvalue weighted by atomic mass is 10.1. The Hall–Kier alpha value is -2.17. The molecule has 0 spiro atoms. The summed E-state index contributed by atoms with van der Waals surface area (Å²) in [6, 6.07) is 6.45. The van der Waals surface area contributed by atoms with E-state index in [0.717, 1.165) is 0 Å². The third kappa shape index (κ3) is 2.56. The molecule has 1 heterocycles. The fourth-order valence-corrected chi connectivity index (χ4v) is 1.70. The van der Waals surface area contributed by atoms with Crippen molar-refractivity contribution >= 4 is 5.97 Å². The molecule has 0 saturated carbocycles. The molecule has 4 nitrogen and oxygen atoms in total. The minimum Gasteiger partial charge on any atom is -0.475 e. The Bertz CT molecular complexity index is 577.